The summed E-state index contributed by atoms with van der Waals surface area (Å²) in [6.07, 6.45) is 7.92. The molecule has 0 aromatic rings. The van der Waals surface area contributed by atoms with Crippen LogP contribution >= 0.6 is 0 Å². The summed E-state index contributed by atoms with van der Waals surface area (Å²) >= 11 is 0. The van der Waals surface area contributed by atoms with E-state index in [2.05, 4.69) is 47.3 Å². The van der Waals surface area contributed by atoms with E-state index in [4.69, 9.17) is 14.2 Å². The number of carbonyl (C=O) groups excluding carboxylic acids is 1. The molecule has 0 spiro atoms. The first-order chi connectivity index (χ1) is 20.2. The highest BCUT2D eigenvalue weighted by molar-refractivity contribution is 5.66. The molecule has 7 nitrogen and oxygen atoms in total. The van der Waals surface area contributed by atoms with Crippen molar-refractivity contribution in [1.29, 1.82) is 0 Å². The monoisotopic (exact) mass is 604 g/mol. The molecule has 0 radical (unpaired) electrons. The van der Waals surface area contributed by atoms with Crippen LogP contribution in [0.1, 0.15) is 113 Å². The van der Waals surface area contributed by atoms with Gasteiger partial charge in [0.25, 0.3) is 0 Å². The fourth-order valence-corrected chi connectivity index (χ4v) is 9.35. The molecule has 4 unspecified atom stereocenters. The summed E-state index contributed by atoms with van der Waals surface area (Å²) in [7, 11) is 0. The SMILES string of the molecule is C=C(CCC(C)C1CCC(C2CC=C3C[C@@H](O[C@@H]4O[C@@H](C)[C@@H](OC(C)=O)[C@@H](O)[C@@H]4O)CC[C@]3(C)C2)[C@]1(C)CCO)C(C)C. The van der Waals surface area contributed by atoms with Crippen LogP contribution in [0.5, 0.6) is 0 Å². The fraction of sp³-hybridized carbons (Fsp3) is 0.861. The Balaban J connectivity index is 1.39. The zero-order valence-corrected chi connectivity index (χ0v) is 27.9. The summed E-state index contributed by atoms with van der Waals surface area (Å²) in [6.45, 7) is 19.4. The highest BCUT2D eigenvalue weighted by atomic mass is 16.7. The van der Waals surface area contributed by atoms with Crippen molar-refractivity contribution in [1.82, 2.24) is 0 Å². The molecule has 0 amide bonds. The smallest absolute Gasteiger partial charge is 0.303 e. The second-order valence-electron chi connectivity index (χ2n) is 15.4. The number of allylic oxidation sites excluding steroid dienone is 2. The van der Waals surface area contributed by atoms with Crippen LogP contribution in [0.15, 0.2) is 23.8 Å². The lowest BCUT2D eigenvalue weighted by Gasteiger charge is -2.50. The summed E-state index contributed by atoms with van der Waals surface area (Å²) in [4.78, 5) is 11.4. The Morgan fingerprint density at radius 3 is 2.53 bits per heavy atom. The molecule has 0 bridgehead atoms. The average Bonchev–Trinajstić information content (AvgIpc) is 3.28. The molecule has 246 valence electrons. The number of ether oxygens (including phenoxy) is 3. The van der Waals surface area contributed by atoms with E-state index in [0.29, 0.717) is 29.6 Å². The summed E-state index contributed by atoms with van der Waals surface area (Å²) in [6, 6.07) is 0. The van der Waals surface area contributed by atoms with E-state index in [1.54, 1.807) is 6.92 Å². The van der Waals surface area contributed by atoms with E-state index in [9.17, 15) is 20.1 Å². The second kappa shape index (κ2) is 14.0. The maximum Gasteiger partial charge on any atom is 0.303 e. The van der Waals surface area contributed by atoms with Gasteiger partial charge in [0, 0.05) is 13.5 Å². The maximum absolute atomic E-state index is 11.4. The molecule has 3 N–H and O–H groups in total. The van der Waals surface area contributed by atoms with Crippen LogP contribution in [0.3, 0.4) is 0 Å². The third-order valence-corrected chi connectivity index (χ3v) is 12.2. The van der Waals surface area contributed by atoms with Gasteiger partial charge < -0.3 is 29.5 Å². The molecule has 1 heterocycles. The third-order valence-electron chi connectivity index (χ3n) is 12.2. The molecule has 43 heavy (non-hydrogen) atoms. The van der Waals surface area contributed by atoms with Gasteiger partial charge in [-0.1, -0.05) is 58.4 Å². The molecule has 2 saturated carbocycles. The van der Waals surface area contributed by atoms with Crippen molar-refractivity contribution in [2.45, 2.75) is 149 Å². The van der Waals surface area contributed by atoms with E-state index in [1.165, 1.54) is 43.8 Å². The number of hydrogen-bond acceptors (Lipinski definition) is 7. The predicted octanol–water partition coefficient (Wildman–Crippen LogP) is 6.34. The normalized spacial score (nSPS) is 42.3. The standard InChI is InChI=1S/C36H60O7/c1-21(2)22(3)9-10-23(4)29-13-14-30(36(29,8)17-18-37)26-11-12-27-19-28(15-16-35(27,7)20-26)43-34-32(40)31(39)33(24(5)41-34)42-25(6)38/h12,21,23-24,26,28-34,37,39-40H,3,9-11,13-20H2,1-2,4-8H3/t23?,24-,26?,28-,29?,30?,31-,32-,33+,34-,35+,36+/m0/s1. The van der Waals surface area contributed by atoms with E-state index >= 15 is 0 Å². The van der Waals surface area contributed by atoms with Crippen molar-refractivity contribution in [3.63, 3.8) is 0 Å². The minimum atomic E-state index is -1.29. The molecule has 3 aliphatic carbocycles. The minimum Gasteiger partial charge on any atom is -0.457 e. The van der Waals surface area contributed by atoms with E-state index in [-0.39, 0.29) is 23.5 Å². The van der Waals surface area contributed by atoms with Crippen LogP contribution < -0.4 is 0 Å². The Labute approximate surface area is 260 Å². The molecular weight excluding hydrogens is 544 g/mol. The summed E-state index contributed by atoms with van der Waals surface area (Å²) in [5, 5.41) is 31.5. The number of rotatable bonds is 11. The first-order valence-corrected chi connectivity index (χ1v) is 17.0. The van der Waals surface area contributed by atoms with Crippen LogP contribution in [0, 0.1) is 40.4 Å². The van der Waals surface area contributed by atoms with Gasteiger partial charge in [0.05, 0.1) is 12.2 Å². The van der Waals surface area contributed by atoms with Crippen molar-refractivity contribution in [3.05, 3.63) is 23.8 Å². The Morgan fingerprint density at radius 1 is 1.16 bits per heavy atom. The number of hydrogen-bond donors (Lipinski definition) is 3. The molecular formula is C36H60O7. The summed E-state index contributed by atoms with van der Waals surface area (Å²) in [5.41, 5.74) is 3.07. The van der Waals surface area contributed by atoms with Crippen molar-refractivity contribution >= 4 is 5.97 Å². The zero-order valence-electron chi connectivity index (χ0n) is 27.9. The fourth-order valence-electron chi connectivity index (χ4n) is 9.35. The maximum atomic E-state index is 11.4. The first kappa shape index (κ1) is 34.6. The average molecular weight is 605 g/mol. The Kier molecular flexibility index (Phi) is 11.3. The van der Waals surface area contributed by atoms with Gasteiger partial charge in [0.15, 0.2) is 12.4 Å². The molecule has 4 rings (SSSR count). The van der Waals surface area contributed by atoms with Crippen LogP contribution in [-0.2, 0) is 19.0 Å². The minimum absolute atomic E-state index is 0.0999. The molecule has 7 heteroatoms. The molecule has 1 saturated heterocycles. The third kappa shape index (κ3) is 7.43. The Hall–Kier alpha value is -1.25. The highest BCUT2D eigenvalue weighted by Crippen LogP contribution is 2.61. The van der Waals surface area contributed by atoms with Crippen LogP contribution in [0.4, 0.5) is 0 Å². The lowest BCUT2D eigenvalue weighted by Crippen LogP contribution is -2.59. The van der Waals surface area contributed by atoms with Gasteiger partial charge in [-0.05, 0) is 112 Å². The van der Waals surface area contributed by atoms with Gasteiger partial charge in [-0.25, -0.2) is 0 Å². The largest absolute Gasteiger partial charge is 0.457 e. The number of esters is 1. The molecule has 0 aromatic heterocycles. The Bertz CT molecular complexity index is 1010. The van der Waals surface area contributed by atoms with Gasteiger partial charge in [-0.2, -0.15) is 0 Å². The number of fused-ring (bicyclic) bond motifs is 1. The van der Waals surface area contributed by atoms with Gasteiger partial charge in [-0.15, -0.1) is 0 Å². The van der Waals surface area contributed by atoms with E-state index < -0.39 is 36.7 Å². The zero-order chi connectivity index (χ0) is 31.7. The predicted molar refractivity (Wildman–Crippen MR) is 168 cm³/mol. The topological polar surface area (TPSA) is 105 Å². The van der Waals surface area contributed by atoms with Gasteiger partial charge in [0.1, 0.15) is 12.2 Å². The number of aliphatic hydroxyl groups is 3. The molecule has 4 aliphatic rings. The number of aliphatic hydroxyl groups excluding tert-OH is 3. The van der Waals surface area contributed by atoms with Crippen molar-refractivity contribution in [3.8, 4) is 0 Å². The molecule has 0 aromatic carbocycles. The quantitative estimate of drug-likeness (QED) is 0.187. The number of carbonyl (C=O) groups is 1. The van der Waals surface area contributed by atoms with Gasteiger partial charge in [-0.3, -0.25) is 4.79 Å². The Morgan fingerprint density at radius 2 is 1.88 bits per heavy atom. The van der Waals surface area contributed by atoms with Crippen molar-refractivity contribution in [2.24, 2.45) is 40.4 Å². The van der Waals surface area contributed by atoms with Crippen LogP contribution in [-0.4, -0.2) is 64.7 Å². The summed E-state index contributed by atoms with van der Waals surface area (Å²) in [5.74, 6) is 2.50. The van der Waals surface area contributed by atoms with Gasteiger partial charge >= 0.3 is 5.97 Å². The van der Waals surface area contributed by atoms with Gasteiger partial charge in [0.2, 0.25) is 0 Å². The van der Waals surface area contributed by atoms with E-state index in [1.807, 2.05) is 0 Å². The molecule has 12 atom stereocenters. The molecule has 3 fully saturated rings. The molecule has 1 aliphatic heterocycles. The van der Waals surface area contributed by atoms with Crippen molar-refractivity contribution in [2.75, 3.05) is 6.61 Å². The second-order valence-corrected chi connectivity index (χ2v) is 15.4. The van der Waals surface area contributed by atoms with Crippen LogP contribution in [0.25, 0.3) is 0 Å². The first-order valence-electron chi connectivity index (χ1n) is 17.0. The van der Waals surface area contributed by atoms with Crippen LogP contribution in [0.2, 0.25) is 0 Å². The summed E-state index contributed by atoms with van der Waals surface area (Å²) < 4.78 is 17.3. The van der Waals surface area contributed by atoms with E-state index in [0.717, 1.165) is 38.5 Å². The van der Waals surface area contributed by atoms with Crippen molar-refractivity contribution < 1.29 is 34.3 Å². The highest BCUT2D eigenvalue weighted by Gasteiger charge is 2.53. The lowest BCUT2D eigenvalue weighted by molar-refractivity contribution is -0.307. The lowest BCUT2D eigenvalue weighted by atomic mass is 9.56.